The lowest BCUT2D eigenvalue weighted by molar-refractivity contribution is 0.0987. The Kier molecular flexibility index (Phi) is 5.29. The van der Waals surface area contributed by atoms with Crippen molar-refractivity contribution in [1.29, 1.82) is 0 Å². The molecule has 1 aliphatic heterocycles. The number of nitrogens with one attached hydrogen (secondary N) is 1. The van der Waals surface area contributed by atoms with Crippen LogP contribution >= 0.6 is 11.8 Å². The van der Waals surface area contributed by atoms with Gasteiger partial charge in [0.25, 0.3) is 0 Å². The van der Waals surface area contributed by atoms with Gasteiger partial charge < -0.3 is 10.1 Å². The number of thioether (sulfide) groups is 1. The van der Waals surface area contributed by atoms with E-state index in [1.165, 1.54) is 0 Å². The zero-order valence-electron chi connectivity index (χ0n) is 14.6. The highest BCUT2D eigenvalue weighted by molar-refractivity contribution is 8.06. The lowest BCUT2D eigenvalue weighted by Crippen LogP contribution is -2.06. The van der Waals surface area contributed by atoms with Crippen LogP contribution in [-0.4, -0.2) is 5.78 Å². The van der Waals surface area contributed by atoms with Crippen LogP contribution in [0.15, 0.2) is 59.2 Å². The average molecular weight is 351 g/mol. The molecule has 0 aromatic heterocycles. The van der Waals surface area contributed by atoms with Gasteiger partial charge in [-0.15, -0.1) is 0 Å². The number of Topliss-reactive ketones (excluding diaryl/α,β-unsaturated/α-hetero) is 1. The zero-order chi connectivity index (χ0) is 17.8. The number of hydrogen-bond donors (Lipinski definition) is 1. The lowest BCUT2D eigenvalue weighted by atomic mass is 9.98. The number of carbonyl (C=O) groups excluding carboxylic acids is 1. The topological polar surface area (TPSA) is 38.3 Å². The Labute approximate surface area is 152 Å². The second-order valence-electron chi connectivity index (χ2n) is 5.88. The summed E-state index contributed by atoms with van der Waals surface area (Å²) in [7, 11) is 0. The van der Waals surface area contributed by atoms with Gasteiger partial charge in [0, 0.05) is 17.4 Å². The van der Waals surface area contributed by atoms with Crippen molar-refractivity contribution in [3.05, 3.63) is 81.4 Å². The van der Waals surface area contributed by atoms with Crippen LogP contribution < -0.4 is 10.1 Å². The van der Waals surface area contributed by atoms with E-state index in [0.29, 0.717) is 6.42 Å². The Morgan fingerprint density at radius 3 is 2.60 bits per heavy atom. The van der Waals surface area contributed by atoms with Gasteiger partial charge in [0.15, 0.2) is 5.78 Å². The van der Waals surface area contributed by atoms with Gasteiger partial charge in [-0.05, 0) is 42.7 Å². The van der Waals surface area contributed by atoms with E-state index in [1.54, 1.807) is 18.0 Å². The number of rotatable bonds is 5. The number of carbonyl (C=O) groups is 1. The summed E-state index contributed by atoms with van der Waals surface area (Å²) in [5.74, 6) is 0.934. The highest BCUT2D eigenvalue weighted by Gasteiger charge is 2.14. The van der Waals surface area contributed by atoms with Crippen LogP contribution in [0.1, 0.15) is 40.4 Å². The van der Waals surface area contributed by atoms with Crippen LogP contribution in [0.2, 0.25) is 0 Å². The Balaban J connectivity index is 1.71. The maximum absolute atomic E-state index is 12.0. The SMILES string of the molecule is CCC(=O)c1ccc(OC=C2NC(c3ccccc3)=CS2)c(C)c1C. The molecule has 0 aliphatic carbocycles. The first-order valence-electron chi connectivity index (χ1n) is 8.29. The molecule has 3 rings (SSSR count). The maximum Gasteiger partial charge on any atom is 0.162 e. The predicted octanol–water partition coefficient (Wildman–Crippen LogP) is 5.41. The van der Waals surface area contributed by atoms with Gasteiger partial charge in [-0.3, -0.25) is 4.79 Å². The minimum Gasteiger partial charge on any atom is -0.462 e. The Hall–Kier alpha value is -2.46. The first-order chi connectivity index (χ1) is 12.1. The summed E-state index contributed by atoms with van der Waals surface area (Å²) in [6.45, 7) is 5.83. The number of hydrogen-bond acceptors (Lipinski definition) is 4. The summed E-state index contributed by atoms with van der Waals surface area (Å²) >= 11 is 1.60. The van der Waals surface area contributed by atoms with Crippen LogP contribution in [0, 0.1) is 13.8 Å². The maximum atomic E-state index is 12.0. The van der Waals surface area contributed by atoms with Crippen molar-refractivity contribution < 1.29 is 9.53 Å². The molecule has 0 radical (unpaired) electrons. The Morgan fingerprint density at radius 1 is 1.12 bits per heavy atom. The van der Waals surface area contributed by atoms with Gasteiger partial charge in [0.2, 0.25) is 0 Å². The van der Waals surface area contributed by atoms with E-state index in [-0.39, 0.29) is 5.78 Å². The zero-order valence-corrected chi connectivity index (χ0v) is 15.4. The first-order valence-corrected chi connectivity index (χ1v) is 9.17. The molecule has 25 heavy (non-hydrogen) atoms. The molecule has 1 N–H and O–H groups in total. The van der Waals surface area contributed by atoms with Gasteiger partial charge in [0.1, 0.15) is 17.0 Å². The van der Waals surface area contributed by atoms with Gasteiger partial charge in [-0.1, -0.05) is 49.0 Å². The molecule has 0 bridgehead atoms. The van der Waals surface area contributed by atoms with Crippen molar-refractivity contribution in [2.75, 3.05) is 0 Å². The summed E-state index contributed by atoms with van der Waals surface area (Å²) in [6, 6.07) is 13.9. The van der Waals surface area contributed by atoms with Crippen molar-refractivity contribution in [3.8, 4) is 5.75 Å². The molecule has 2 aromatic carbocycles. The molecule has 0 saturated carbocycles. The highest BCUT2D eigenvalue weighted by Crippen LogP contribution is 2.31. The fourth-order valence-corrected chi connectivity index (χ4v) is 3.37. The fourth-order valence-electron chi connectivity index (χ4n) is 2.66. The third-order valence-corrected chi connectivity index (χ3v) is 5.10. The van der Waals surface area contributed by atoms with E-state index < -0.39 is 0 Å². The van der Waals surface area contributed by atoms with Gasteiger partial charge in [0.05, 0.1) is 5.70 Å². The standard InChI is InChI=1S/C21H21NO2S/c1-4-19(23)17-10-11-20(15(3)14(17)2)24-12-21-22-18(13-25-21)16-8-6-5-7-9-16/h5-13,22H,4H2,1-3H3. The molecule has 4 heteroatoms. The molecule has 1 aliphatic rings. The van der Waals surface area contributed by atoms with Crippen LogP contribution in [0.5, 0.6) is 5.75 Å². The smallest absolute Gasteiger partial charge is 0.162 e. The first kappa shape index (κ1) is 17.4. The van der Waals surface area contributed by atoms with Crippen molar-refractivity contribution in [1.82, 2.24) is 5.32 Å². The summed E-state index contributed by atoms with van der Waals surface area (Å²) < 4.78 is 5.86. The molecule has 0 amide bonds. The van der Waals surface area contributed by atoms with Crippen molar-refractivity contribution in [3.63, 3.8) is 0 Å². The second-order valence-corrected chi connectivity index (χ2v) is 6.79. The van der Waals surface area contributed by atoms with Gasteiger partial charge in [-0.2, -0.15) is 0 Å². The predicted molar refractivity (Wildman–Crippen MR) is 104 cm³/mol. The Bertz CT molecular complexity index is 854. The summed E-state index contributed by atoms with van der Waals surface area (Å²) in [6.07, 6.45) is 2.24. The number of benzene rings is 2. The van der Waals surface area contributed by atoms with Gasteiger partial charge in [-0.25, -0.2) is 0 Å². The molecule has 0 atom stereocenters. The number of ether oxygens (including phenoxy) is 1. The average Bonchev–Trinajstić information content (AvgIpc) is 3.12. The minimum absolute atomic E-state index is 0.162. The van der Waals surface area contributed by atoms with Crippen LogP contribution in [0.4, 0.5) is 0 Å². The molecule has 128 valence electrons. The molecular weight excluding hydrogens is 330 g/mol. The quantitative estimate of drug-likeness (QED) is 0.577. The summed E-state index contributed by atoms with van der Waals surface area (Å²) in [4.78, 5) is 12.0. The monoisotopic (exact) mass is 351 g/mol. The molecule has 0 spiro atoms. The van der Waals surface area contributed by atoms with E-state index in [2.05, 4.69) is 22.9 Å². The minimum atomic E-state index is 0.162. The Morgan fingerprint density at radius 2 is 1.88 bits per heavy atom. The van der Waals surface area contributed by atoms with E-state index in [9.17, 15) is 4.79 Å². The molecule has 0 unspecified atom stereocenters. The third kappa shape index (κ3) is 3.80. The summed E-state index contributed by atoms with van der Waals surface area (Å²) in [5, 5.41) is 6.37. The third-order valence-electron chi connectivity index (χ3n) is 4.30. The van der Waals surface area contributed by atoms with Crippen LogP contribution in [-0.2, 0) is 0 Å². The van der Waals surface area contributed by atoms with Crippen LogP contribution in [0.3, 0.4) is 0 Å². The lowest BCUT2D eigenvalue weighted by Gasteiger charge is -2.12. The van der Waals surface area contributed by atoms with E-state index in [4.69, 9.17) is 4.74 Å². The molecule has 2 aromatic rings. The van der Waals surface area contributed by atoms with E-state index in [0.717, 1.165) is 38.7 Å². The van der Waals surface area contributed by atoms with Crippen molar-refractivity contribution in [2.45, 2.75) is 27.2 Å². The molecule has 3 nitrogen and oxygen atoms in total. The van der Waals surface area contributed by atoms with Crippen molar-refractivity contribution in [2.24, 2.45) is 0 Å². The largest absolute Gasteiger partial charge is 0.462 e. The van der Waals surface area contributed by atoms with Crippen LogP contribution in [0.25, 0.3) is 5.70 Å². The normalized spacial score (nSPS) is 15.0. The molecule has 0 saturated heterocycles. The highest BCUT2D eigenvalue weighted by atomic mass is 32.2. The molecule has 1 heterocycles. The molecule has 0 fully saturated rings. The molecular formula is C21H21NO2S. The van der Waals surface area contributed by atoms with Gasteiger partial charge >= 0.3 is 0 Å². The summed E-state index contributed by atoms with van der Waals surface area (Å²) in [5.41, 5.74) is 4.97. The second kappa shape index (κ2) is 7.62. The fraction of sp³-hybridized carbons (Fsp3) is 0.190. The van der Waals surface area contributed by atoms with E-state index in [1.807, 2.05) is 51.1 Å². The van der Waals surface area contributed by atoms with Crippen molar-refractivity contribution >= 4 is 23.2 Å². The number of ketones is 1. The van der Waals surface area contributed by atoms with E-state index >= 15 is 0 Å².